The van der Waals surface area contributed by atoms with E-state index in [-0.39, 0.29) is 24.9 Å². The van der Waals surface area contributed by atoms with Crippen molar-refractivity contribution >= 4 is 24.1 Å². The number of nitrogens with one attached hydrogen (secondary N) is 1. The van der Waals surface area contributed by atoms with E-state index in [1.807, 2.05) is 0 Å². The van der Waals surface area contributed by atoms with Crippen molar-refractivity contribution < 1.29 is 22.8 Å². The molecule has 1 N–H and O–H groups in total. The summed E-state index contributed by atoms with van der Waals surface area (Å²) >= 11 is 0. The van der Waals surface area contributed by atoms with Gasteiger partial charge < -0.3 is 10.2 Å². The SMILES string of the molecule is CNCC(=O)N1CCC(C(=O)c2c(F)cc(F)cc2F)CC1.Cl. The smallest absolute Gasteiger partial charge is 0.236 e. The Morgan fingerprint density at radius 3 is 2.17 bits per heavy atom. The zero-order chi connectivity index (χ0) is 16.3. The molecule has 0 saturated carbocycles. The number of carbonyl (C=O) groups excluding carboxylic acids is 2. The number of piperidine rings is 1. The van der Waals surface area contributed by atoms with E-state index in [9.17, 15) is 22.8 Å². The molecule has 8 heteroatoms. The number of Topliss-reactive ketones (excluding diaryl/α,β-unsaturated/α-hetero) is 1. The number of likely N-dealkylation sites (N-methyl/N-ethyl adjacent to an activating group) is 1. The molecule has 1 aliphatic heterocycles. The molecule has 1 saturated heterocycles. The third kappa shape index (κ3) is 4.45. The summed E-state index contributed by atoms with van der Waals surface area (Å²) in [6, 6.07) is 1.00. The number of rotatable bonds is 4. The minimum Gasteiger partial charge on any atom is -0.342 e. The van der Waals surface area contributed by atoms with Gasteiger partial charge >= 0.3 is 0 Å². The molecule has 23 heavy (non-hydrogen) atoms. The van der Waals surface area contributed by atoms with Gasteiger partial charge in [0.05, 0.1) is 12.1 Å². The summed E-state index contributed by atoms with van der Waals surface area (Å²) in [7, 11) is 1.66. The molecule has 0 unspecified atom stereocenters. The van der Waals surface area contributed by atoms with Gasteiger partial charge in [0.25, 0.3) is 0 Å². The van der Waals surface area contributed by atoms with Crippen LogP contribution in [0.3, 0.4) is 0 Å². The molecule has 1 aliphatic rings. The summed E-state index contributed by atoms with van der Waals surface area (Å²) in [5, 5.41) is 2.75. The van der Waals surface area contributed by atoms with Crippen LogP contribution in [0, 0.1) is 23.4 Å². The quantitative estimate of drug-likeness (QED) is 0.847. The summed E-state index contributed by atoms with van der Waals surface area (Å²) in [5.41, 5.74) is -0.693. The fourth-order valence-electron chi connectivity index (χ4n) is 2.64. The first-order valence-corrected chi connectivity index (χ1v) is 7.05. The maximum Gasteiger partial charge on any atom is 0.236 e. The fraction of sp³-hybridized carbons (Fsp3) is 0.467. The number of nitrogens with zero attached hydrogens (tertiary/aromatic N) is 1. The molecule has 2 rings (SSSR count). The fourth-order valence-corrected chi connectivity index (χ4v) is 2.64. The summed E-state index contributed by atoms with van der Waals surface area (Å²) in [5.74, 6) is -4.73. The van der Waals surface area contributed by atoms with Crippen LogP contribution < -0.4 is 5.32 Å². The third-order valence-electron chi connectivity index (χ3n) is 3.80. The predicted molar refractivity (Wildman–Crippen MR) is 81.1 cm³/mol. The Labute approximate surface area is 138 Å². The standard InChI is InChI=1S/C15H17F3N2O2.ClH/c1-19-8-13(21)20-4-2-9(3-5-20)15(22)14-11(17)6-10(16)7-12(14)18;/h6-7,9,19H,2-5,8H2,1H3;1H. The zero-order valence-corrected chi connectivity index (χ0v) is 13.4. The van der Waals surface area contributed by atoms with E-state index in [0.29, 0.717) is 38.1 Å². The summed E-state index contributed by atoms with van der Waals surface area (Å²) in [6.07, 6.45) is 0.676. The van der Waals surface area contributed by atoms with Crippen molar-refractivity contribution in [3.8, 4) is 0 Å². The Morgan fingerprint density at radius 1 is 1.17 bits per heavy atom. The second kappa shape index (κ2) is 8.31. The maximum absolute atomic E-state index is 13.6. The first-order valence-electron chi connectivity index (χ1n) is 7.05. The van der Waals surface area contributed by atoms with Gasteiger partial charge in [0, 0.05) is 31.1 Å². The van der Waals surface area contributed by atoms with Crippen LogP contribution in [0.4, 0.5) is 13.2 Å². The molecule has 0 aliphatic carbocycles. The van der Waals surface area contributed by atoms with E-state index < -0.39 is 34.7 Å². The minimum atomic E-state index is -1.18. The van der Waals surface area contributed by atoms with Gasteiger partial charge in [-0.25, -0.2) is 13.2 Å². The lowest BCUT2D eigenvalue weighted by Crippen LogP contribution is -2.43. The zero-order valence-electron chi connectivity index (χ0n) is 12.6. The number of halogens is 4. The second-order valence-corrected chi connectivity index (χ2v) is 5.29. The van der Waals surface area contributed by atoms with Crippen molar-refractivity contribution in [3.63, 3.8) is 0 Å². The molecule has 0 aromatic heterocycles. The lowest BCUT2D eigenvalue weighted by Gasteiger charge is -2.31. The van der Waals surface area contributed by atoms with E-state index in [4.69, 9.17) is 0 Å². The summed E-state index contributed by atoms with van der Waals surface area (Å²) in [4.78, 5) is 25.6. The maximum atomic E-state index is 13.6. The number of hydrogen-bond donors (Lipinski definition) is 1. The van der Waals surface area contributed by atoms with Gasteiger partial charge in [0.2, 0.25) is 5.91 Å². The Morgan fingerprint density at radius 2 is 1.70 bits per heavy atom. The number of hydrogen-bond acceptors (Lipinski definition) is 3. The van der Waals surface area contributed by atoms with E-state index in [1.165, 1.54) is 0 Å². The van der Waals surface area contributed by atoms with E-state index >= 15 is 0 Å². The van der Waals surface area contributed by atoms with Gasteiger partial charge in [-0.2, -0.15) is 0 Å². The van der Waals surface area contributed by atoms with Crippen LogP contribution in [0.25, 0.3) is 0 Å². The summed E-state index contributed by atoms with van der Waals surface area (Å²) in [6.45, 7) is 0.933. The van der Waals surface area contributed by atoms with Crippen LogP contribution >= 0.6 is 12.4 Å². The molecule has 128 valence electrons. The molecule has 1 heterocycles. The Bertz CT molecular complexity index is 567. The molecule has 1 fully saturated rings. The third-order valence-corrected chi connectivity index (χ3v) is 3.80. The number of ketones is 1. The topological polar surface area (TPSA) is 49.4 Å². The molecule has 1 aromatic carbocycles. The largest absolute Gasteiger partial charge is 0.342 e. The normalized spacial score (nSPS) is 15.2. The van der Waals surface area contributed by atoms with Crippen LogP contribution in [0.2, 0.25) is 0 Å². The van der Waals surface area contributed by atoms with Crippen LogP contribution in [0.1, 0.15) is 23.2 Å². The van der Waals surface area contributed by atoms with Gasteiger partial charge in [0.15, 0.2) is 5.78 Å². The monoisotopic (exact) mass is 350 g/mol. The average molecular weight is 351 g/mol. The highest BCUT2D eigenvalue weighted by Gasteiger charge is 2.31. The Balaban J connectivity index is 0.00000264. The lowest BCUT2D eigenvalue weighted by atomic mass is 9.88. The highest BCUT2D eigenvalue weighted by Crippen LogP contribution is 2.25. The number of amides is 1. The van der Waals surface area contributed by atoms with E-state index in [1.54, 1.807) is 11.9 Å². The average Bonchev–Trinajstić information content (AvgIpc) is 2.46. The first kappa shape index (κ1) is 19.4. The minimum absolute atomic E-state index is 0. The molecule has 0 atom stereocenters. The molecule has 4 nitrogen and oxygen atoms in total. The van der Waals surface area contributed by atoms with Crippen LogP contribution in [-0.4, -0.2) is 43.3 Å². The Hall–Kier alpha value is -1.60. The van der Waals surface area contributed by atoms with Crippen molar-refractivity contribution in [1.82, 2.24) is 10.2 Å². The first-order chi connectivity index (χ1) is 10.4. The van der Waals surface area contributed by atoms with Crippen molar-refractivity contribution in [2.45, 2.75) is 12.8 Å². The summed E-state index contributed by atoms with van der Waals surface area (Å²) < 4.78 is 40.2. The van der Waals surface area contributed by atoms with Crippen molar-refractivity contribution in [1.29, 1.82) is 0 Å². The van der Waals surface area contributed by atoms with Crippen molar-refractivity contribution in [3.05, 3.63) is 35.1 Å². The van der Waals surface area contributed by atoms with Gasteiger partial charge in [-0.1, -0.05) is 0 Å². The molecule has 0 radical (unpaired) electrons. The lowest BCUT2D eigenvalue weighted by molar-refractivity contribution is -0.131. The van der Waals surface area contributed by atoms with E-state index in [2.05, 4.69) is 5.32 Å². The highest BCUT2D eigenvalue weighted by molar-refractivity contribution is 5.98. The van der Waals surface area contributed by atoms with Gasteiger partial charge in [-0.05, 0) is 19.9 Å². The molecule has 0 spiro atoms. The van der Waals surface area contributed by atoms with Gasteiger partial charge in [-0.15, -0.1) is 12.4 Å². The number of benzene rings is 1. The second-order valence-electron chi connectivity index (χ2n) is 5.29. The van der Waals surface area contributed by atoms with Gasteiger partial charge in [-0.3, -0.25) is 9.59 Å². The van der Waals surface area contributed by atoms with Crippen molar-refractivity contribution in [2.24, 2.45) is 5.92 Å². The molecular formula is C15H18ClF3N2O2. The van der Waals surface area contributed by atoms with Crippen molar-refractivity contribution in [2.75, 3.05) is 26.7 Å². The number of likely N-dealkylation sites (tertiary alicyclic amines) is 1. The van der Waals surface area contributed by atoms with Crippen LogP contribution in [0.5, 0.6) is 0 Å². The molecule has 0 bridgehead atoms. The molecular weight excluding hydrogens is 333 g/mol. The highest BCUT2D eigenvalue weighted by atomic mass is 35.5. The predicted octanol–water partition coefficient (Wildman–Crippen LogP) is 2.17. The van der Waals surface area contributed by atoms with Crippen LogP contribution in [-0.2, 0) is 4.79 Å². The number of carbonyl (C=O) groups is 2. The molecule has 1 aromatic rings. The van der Waals surface area contributed by atoms with Crippen LogP contribution in [0.15, 0.2) is 12.1 Å². The Kier molecular flexibility index (Phi) is 7.02. The van der Waals surface area contributed by atoms with Gasteiger partial charge in [0.1, 0.15) is 17.5 Å². The molecule has 1 amide bonds. The van der Waals surface area contributed by atoms with E-state index in [0.717, 1.165) is 0 Å².